The number of esters is 1. The largest absolute Gasteiger partial charge is 0.462 e. The van der Waals surface area contributed by atoms with Crippen molar-refractivity contribution in [2.75, 3.05) is 33.8 Å². The van der Waals surface area contributed by atoms with Crippen LogP contribution in [-0.4, -0.2) is 58.0 Å². The lowest BCUT2D eigenvalue weighted by atomic mass is 10.2. The number of carbonyl (C=O) groups is 1. The van der Waals surface area contributed by atoms with E-state index in [1.54, 1.807) is 19.0 Å². The van der Waals surface area contributed by atoms with Gasteiger partial charge in [0, 0.05) is 19.2 Å². The van der Waals surface area contributed by atoms with Crippen LogP contribution in [-0.2, 0) is 14.8 Å². The van der Waals surface area contributed by atoms with Gasteiger partial charge in [0.2, 0.25) is 10.0 Å². The molecule has 0 bridgehead atoms. The third-order valence-electron chi connectivity index (χ3n) is 2.82. The molecule has 136 valence electrons. The van der Waals surface area contributed by atoms with Crippen LogP contribution in [0.1, 0.15) is 17.3 Å². The minimum absolute atomic E-state index is 0. The van der Waals surface area contributed by atoms with E-state index in [0.717, 1.165) is 12.1 Å². The van der Waals surface area contributed by atoms with Crippen molar-refractivity contribution >= 4 is 34.1 Å². The number of ether oxygens (including phenoxy) is 1. The van der Waals surface area contributed by atoms with E-state index in [1.807, 2.05) is 0 Å². The van der Waals surface area contributed by atoms with Gasteiger partial charge >= 0.3 is 5.97 Å². The van der Waals surface area contributed by atoms with Crippen molar-refractivity contribution in [1.29, 1.82) is 0 Å². The third-order valence-corrected chi connectivity index (χ3v) is 4.32. The van der Waals surface area contributed by atoms with Gasteiger partial charge in [0.15, 0.2) is 5.56 Å². The fraction of sp³-hybridized carbons (Fsp3) is 0.462. The number of halogens is 1. The summed E-state index contributed by atoms with van der Waals surface area (Å²) in [7, 11) is -0.549. The highest BCUT2D eigenvalue weighted by atomic mass is 35.5. The van der Waals surface area contributed by atoms with Crippen molar-refractivity contribution in [2.45, 2.75) is 11.8 Å². The fourth-order valence-electron chi connectivity index (χ4n) is 1.79. The molecule has 11 heteroatoms. The van der Waals surface area contributed by atoms with Crippen LogP contribution in [0.3, 0.4) is 0 Å². The molecule has 9 nitrogen and oxygen atoms in total. The minimum atomic E-state index is -4.09. The summed E-state index contributed by atoms with van der Waals surface area (Å²) in [4.78, 5) is 23.6. The molecule has 1 N–H and O–H groups in total. The second-order valence-electron chi connectivity index (χ2n) is 4.83. The summed E-state index contributed by atoms with van der Waals surface area (Å²) in [5.41, 5.74) is -1.18. The molecule has 0 atom stereocenters. The van der Waals surface area contributed by atoms with Crippen molar-refractivity contribution in [2.24, 2.45) is 0 Å². The quantitative estimate of drug-likeness (QED) is 0.405. The Morgan fingerprint density at radius 3 is 2.50 bits per heavy atom. The van der Waals surface area contributed by atoms with Gasteiger partial charge in [-0.1, -0.05) is 6.07 Å². The number of benzene rings is 1. The molecule has 0 saturated heterocycles. The first-order chi connectivity index (χ1) is 10.7. The van der Waals surface area contributed by atoms with Crippen molar-refractivity contribution in [1.82, 2.24) is 9.62 Å². The Balaban J connectivity index is 0.00000529. The third kappa shape index (κ3) is 5.71. The molecule has 0 aromatic heterocycles. The lowest BCUT2D eigenvalue weighted by Gasteiger charge is -2.13. The summed E-state index contributed by atoms with van der Waals surface area (Å²) in [6, 6.07) is 3.41. The molecule has 0 unspecified atom stereocenters. The first-order valence-corrected chi connectivity index (χ1v) is 8.28. The molecule has 1 aromatic rings. The first kappa shape index (κ1) is 22.2. The summed E-state index contributed by atoms with van der Waals surface area (Å²) in [5.74, 6) is -1.05. The van der Waals surface area contributed by atoms with Crippen molar-refractivity contribution < 1.29 is 22.9 Å². The summed E-state index contributed by atoms with van der Waals surface area (Å²) < 4.78 is 31.8. The summed E-state index contributed by atoms with van der Waals surface area (Å²) in [6.07, 6.45) is 0. The predicted molar refractivity (Wildman–Crippen MR) is 90.0 cm³/mol. The number of carbonyl (C=O) groups excluding carboxylic acids is 1. The van der Waals surface area contributed by atoms with Gasteiger partial charge in [0.25, 0.3) is 5.69 Å². The average Bonchev–Trinajstić information content (AvgIpc) is 2.46. The number of rotatable bonds is 8. The number of hydrogen-bond donors (Lipinski definition) is 1. The van der Waals surface area contributed by atoms with Crippen LogP contribution in [0.25, 0.3) is 0 Å². The number of nitro benzene ring substituents is 1. The molecule has 1 aromatic carbocycles. The van der Waals surface area contributed by atoms with Crippen LogP contribution in [0.15, 0.2) is 23.1 Å². The summed E-state index contributed by atoms with van der Waals surface area (Å²) in [5, 5.41) is 11.1. The van der Waals surface area contributed by atoms with E-state index >= 15 is 0 Å². The van der Waals surface area contributed by atoms with Crippen molar-refractivity contribution in [3.63, 3.8) is 0 Å². The Morgan fingerprint density at radius 2 is 2.00 bits per heavy atom. The van der Waals surface area contributed by atoms with Gasteiger partial charge in [-0.2, -0.15) is 0 Å². The van der Waals surface area contributed by atoms with Gasteiger partial charge in [-0.15, -0.1) is 12.4 Å². The smallest absolute Gasteiger partial charge is 0.346 e. The molecular weight excluding hydrogens is 362 g/mol. The lowest BCUT2D eigenvalue weighted by Crippen LogP contribution is -2.32. The molecule has 0 aliphatic carbocycles. The molecule has 0 aliphatic rings. The maximum atomic E-state index is 12.4. The summed E-state index contributed by atoms with van der Waals surface area (Å²) in [6.45, 7) is 2.03. The Hall–Kier alpha value is -1.75. The molecule has 24 heavy (non-hydrogen) atoms. The number of nitro groups is 1. The molecule has 0 heterocycles. The van der Waals surface area contributed by atoms with E-state index in [-0.39, 0.29) is 25.6 Å². The minimum Gasteiger partial charge on any atom is -0.462 e. The van der Waals surface area contributed by atoms with E-state index in [4.69, 9.17) is 4.74 Å². The molecule has 0 spiro atoms. The van der Waals surface area contributed by atoms with Crippen LogP contribution in [0.4, 0.5) is 5.69 Å². The van der Waals surface area contributed by atoms with Crippen molar-refractivity contribution in [3.8, 4) is 0 Å². The SMILES string of the molecule is CCOC(=O)c1c([N+](=O)[O-])cccc1S(=O)(=O)NCCN(C)C.Cl. The highest BCUT2D eigenvalue weighted by Gasteiger charge is 2.31. The van der Waals surface area contributed by atoms with E-state index in [1.165, 1.54) is 13.0 Å². The first-order valence-electron chi connectivity index (χ1n) is 6.79. The second-order valence-corrected chi connectivity index (χ2v) is 6.56. The Morgan fingerprint density at radius 1 is 1.38 bits per heavy atom. The van der Waals surface area contributed by atoms with E-state index < -0.39 is 37.1 Å². The van der Waals surface area contributed by atoms with Gasteiger partial charge < -0.3 is 9.64 Å². The number of nitrogens with one attached hydrogen (secondary N) is 1. The van der Waals surface area contributed by atoms with E-state index in [2.05, 4.69) is 4.72 Å². The average molecular weight is 382 g/mol. The van der Waals surface area contributed by atoms with Crippen LogP contribution in [0, 0.1) is 10.1 Å². The van der Waals surface area contributed by atoms with E-state index in [9.17, 15) is 23.3 Å². The highest BCUT2D eigenvalue weighted by Crippen LogP contribution is 2.26. The lowest BCUT2D eigenvalue weighted by molar-refractivity contribution is -0.385. The molecular formula is C13H20ClN3O6S. The van der Waals surface area contributed by atoms with Gasteiger partial charge in [-0.25, -0.2) is 17.9 Å². The number of sulfonamides is 1. The monoisotopic (exact) mass is 381 g/mol. The van der Waals surface area contributed by atoms with Crippen molar-refractivity contribution in [3.05, 3.63) is 33.9 Å². The van der Waals surface area contributed by atoms with Gasteiger partial charge in [0.05, 0.1) is 11.5 Å². The summed E-state index contributed by atoms with van der Waals surface area (Å²) >= 11 is 0. The second kappa shape index (κ2) is 9.52. The molecule has 0 aliphatic heterocycles. The Bertz CT molecular complexity index is 693. The van der Waals surface area contributed by atoms with Crippen LogP contribution >= 0.6 is 12.4 Å². The molecule has 0 radical (unpaired) electrons. The molecule has 0 amide bonds. The van der Waals surface area contributed by atoms with Crippen LogP contribution in [0.5, 0.6) is 0 Å². The zero-order valence-corrected chi connectivity index (χ0v) is 15.1. The van der Waals surface area contributed by atoms with Crippen LogP contribution < -0.4 is 4.72 Å². The topological polar surface area (TPSA) is 119 Å². The molecule has 1 rings (SSSR count). The Kier molecular flexibility index (Phi) is 8.83. The normalized spacial score (nSPS) is 11.0. The number of nitrogens with zero attached hydrogens (tertiary/aromatic N) is 2. The number of likely N-dealkylation sites (N-methyl/N-ethyl adjacent to an activating group) is 1. The van der Waals surface area contributed by atoms with Gasteiger partial charge in [-0.05, 0) is 27.1 Å². The highest BCUT2D eigenvalue weighted by molar-refractivity contribution is 7.89. The Labute approximate surface area is 146 Å². The maximum absolute atomic E-state index is 12.4. The molecule has 0 fully saturated rings. The maximum Gasteiger partial charge on any atom is 0.346 e. The molecule has 0 saturated carbocycles. The van der Waals surface area contributed by atoms with Gasteiger partial charge in [0.1, 0.15) is 4.90 Å². The standard InChI is InChI=1S/C13H19N3O6S.ClH/c1-4-22-13(17)12-10(16(18)19)6-5-7-11(12)23(20,21)14-8-9-15(2)3;/h5-7,14H,4,8-9H2,1-3H3;1H. The van der Waals surface area contributed by atoms with Crippen LogP contribution in [0.2, 0.25) is 0 Å². The zero-order valence-electron chi connectivity index (χ0n) is 13.5. The van der Waals surface area contributed by atoms with E-state index in [0.29, 0.717) is 6.54 Å². The van der Waals surface area contributed by atoms with Gasteiger partial charge in [-0.3, -0.25) is 10.1 Å². The predicted octanol–water partition coefficient (Wildman–Crippen LogP) is 1.03. The fourth-order valence-corrected chi connectivity index (χ4v) is 3.02. The number of hydrogen-bond acceptors (Lipinski definition) is 7. The zero-order chi connectivity index (χ0) is 17.6.